The van der Waals surface area contributed by atoms with E-state index in [0.29, 0.717) is 18.7 Å². The first-order valence-corrected chi connectivity index (χ1v) is 5.96. The molecule has 4 heteroatoms. The van der Waals surface area contributed by atoms with Crippen LogP contribution in [0.2, 0.25) is 0 Å². The zero-order valence-corrected chi connectivity index (χ0v) is 9.75. The Morgan fingerprint density at radius 1 is 1.29 bits per heavy atom. The summed E-state index contributed by atoms with van der Waals surface area (Å²) in [5.41, 5.74) is 6.43. The van der Waals surface area contributed by atoms with Gasteiger partial charge in [-0.2, -0.15) is 0 Å². The lowest BCUT2D eigenvalue weighted by Crippen LogP contribution is -2.44. The number of aliphatic hydroxyl groups excluding tert-OH is 1. The van der Waals surface area contributed by atoms with Gasteiger partial charge in [0.2, 0.25) is 0 Å². The van der Waals surface area contributed by atoms with Crippen molar-refractivity contribution in [3.8, 4) is 0 Å². The number of piperidine rings is 1. The van der Waals surface area contributed by atoms with Crippen LogP contribution < -0.4 is 5.73 Å². The minimum absolute atomic E-state index is 0.188. The maximum atomic E-state index is 12.0. The van der Waals surface area contributed by atoms with E-state index in [2.05, 4.69) is 0 Å². The van der Waals surface area contributed by atoms with Gasteiger partial charge in [-0.05, 0) is 18.4 Å². The summed E-state index contributed by atoms with van der Waals surface area (Å²) in [6, 6.07) is 9.21. The largest absolute Gasteiger partial charge is 0.378 e. The third-order valence-corrected chi connectivity index (χ3v) is 3.20. The lowest BCUT2D eigenvalue weighted by atomic mass is 10.0. The summed E-state index contributed by atoms with van der Waals surface area (Å²) in [7, 11) is 0. The maximum Gasteiger partial charge on any atom is 0.256 e. The van der Waals surface area contributed by atoms with Gasteiger partial charge in [-0.1, -0.05) is 30.3 Å². The number of hydrogen-bond acceptors (Lipinski definition) is 3. The predicted molar refractivity (Wildman–Crippen MR) is 65.2 cm³/mol. The number of aliphatic hydroxyl groups is 1. The van der Waals surface area contributed by atoms with Crippen molar-refractivity contribution in [2.24, 2.45) is 5.73 Å². The molecule has 0 aromatic heterocycles. The Bertz CT molecular complexity index is 372. The Morgan fingerprint density at radius 3 is 2.47 bits per heavy atom. The number of benzene rings is 1. The number of carbonyl (C=O) groups is 1. The van der Waals surface area contributed by atoms with Gasteiger partial charge < -0.3 is 15.7 Å². The van der Waals surface area contributed by atoms with Crippen molar-refractivity contribution in [3.63, 3.8) is 0 Å². The van der Waals surface area contributed by atoms with E-state index in [4.69, 9.17) is 5.73 Å². The average molecular weight is 234 g/mol. The summed E-state index contributed by atoms with van der Waals surface area (Å²) in [4.78, 5) is 13.7. The Labute approximate surface area is 101 Å². The van der Waals surface area contributed by atoms with Crippen molar-refractivity contribution in [2.45, 2.75) is 25.0 Å². The average Bonchev–Trinajstić information content (AvgIpc) is 2.39. The normalized spacial score (nSPS) is 19.1. The Balaban J connectivity index is 2.00. The van der Waals surface area contributed by atoms with E-state index in [-0.39, 0.29) is 11.9 Å². The number of amides is 1. The van der Waals surface area contributed by atoms with Gasteiger partial charge in [-0.15, -0.1) is 0 Å². The van der Waals surface area contributed by atoms with E-state index >= 15 is 0 Å². The molecule has 1 aliphatic heterocycles. The molecule has 1 aromatic rings. The zero-order valence-electron chi connectivity index (χ0n) is 9.75. The molecule has 1 saturated heterocycles. The summed E-state index contributed by atoms with van der Waals surface area (Å²) >= 11 is 0. The van der Waals surface area contributed by atoms with Crippen LogP contribution in [-0.2, 0) is 4.79 Å². The molecule has 1 aromatic carbocycles. The fraction of sp³-hybridized carbons (Fsp3) is 0.462. The molecule has 0 radical (unpaired) electrons. The van der Waals surface area contributed by atoms with Gasteiger partial charge in [0.25, 0.3) is 5.91 Å². The Morgan fingerprint density at radius 2 is 1.88 bits per heavy atom. The van der Waals surface area contributed by atoms with Gasteiger partial charge in [0.05, 0.1) is 0 Å². The third kappa shape index (κ3) is 2.84. The maximum absolute atomic E-state index is 12.0. The number of hydrogen-bond donors (Lipinski definition) is 2. The van der Waals surface area contributed by atoms with Crippen molar-refractivity contribution in [3.05, 3.63) is 35.9 Å². The summed E-state index contributed by atoms with van der Waals surface area (Å²) in [6.45, 7) is 1.29. The minimum Gasteiger partial charge on any atom is -0.378 e. The fourth-order valence-electron chi connectivity index (χ4n) is 2.07. The summed E-state index contributed by atoms with van der Waals surface area (Å²) in [6.07, 6.45) is 0.575. The van der Waals surface area contributed by atoms with Crippen LogP contribution in [0.4, 0.5) is 0 Å². The quantitative estimate of drug-likeness (QED) is 0.790. The van der Waals surface area contributed by atoms with E-state index in [1.807, 2.05) is 18.2 Å². The van der Waals surface area contributed by atoms with Crippen molar-refractivity contribution in [2.75, 3.05) is 13.1 Å². The van der Waals surface area contributed by atoms with Crippen LogP contribution in [0.25, 0.3) is 0 Å². The van der Waals surface area contributed by atoms with E-state index in [0.717, 1.165) is 12.8 Å². The predicted octanol–water partition coefficient (Wildman–Crippen LogP) is 0.670. The van der Waals surface area contributed by atoms with Gasteiger partial charge in [0.15, 0.2) is 6.10 Å². The molecular weight excluding hydrogens is 216 g/mol. The fourth-order valence-corrected chi connectivity index (χ4v) is 2.07. The van der Waals surface area contributed by atoms with Gasteiger partial charge in [0, 0.05) is 19.1 Å². The molecule has 2 rings (SSSR count). The number of carbonyl (C=O) groups excluding carboxylic acids is 1. The second kappa shape index (κ2) is 5.29. The molecule has 1 amide bonds. The minimum atomic E-state index is -1.05. The smallest absolute Gasteiger partial charge is 0.256 e. The zero-order chi connectivity index (χ0) is 12.3. The number of rotatable bonds is 2. The van der Waals surface area contributed by atoms with Crippen LogP contribution in [0, 0.1) is 0 Å². The number of likely N-dealkylation sites (tertiary alicyclic amines) is 1. The molecule has 1 unspecified atom stereocenters. The first-order valence-electron chi connectivity index (χ1n) is 5.96. The van der Waals surface area contributed by atoms with E-state index < -0.39 is 6.10 Å². The molecule has 92 valence electrons. The van der Waals surface area contributed by atoms with Gasteiger partial charge in [0.1, 0.15) is 0 Å². The van der Waals surface area contributed by atoms with Crippen molar-refractivity contribution in [1.82, 2.24) is 4.90 Å². The van der Waals surface area contributed by atoms with Crippen LogP contribution in [0.5, 0.6) is 0 Å². The van der Waals surface area contributed by atoms with Crippen molar-refractivity contribution >= 4 is 5.91 Å². The standard InChI is InChI=1S/C13H18N2O2/c14-11-6-8-15(9-7-11)13(17)12(16)10-4-2-1-3-5-10/h1-5,11-12,16H,6-9,14H2. The lowest BCUT2D eigenvalue weighted by molar-refractivity contribution is -0.141. The first-order chi connectivity index (χ1) is 8.18. The number of nitrogens with two attached hydrogens (primary N) is 1. The van der Waals surface area contributed by atoms with Crippen LogP contribution >= 0.6 is 0 Å². The second-order valence-electron chi connectivity index (χ2n) is 4.48. The summed E-state index contributed by atoms with van der Waals surface area (Å²) in [5, 5.41) is 9.98. The van der Waals surface area contributed by atoms with Gasteiger partial charge in [-0.25, -0.2) is 0 Å². The highest BCUT2D eigenvalue weighted by molar-refractivity contribution is 5.82. The third-order valence-electron chi connectivity index (χ3n) is 3.20. The lowest BCUT2D eigenvalue weighted by Gasteiger charge is -2.31. The first kappa shape index (κ1) is 12.1. The van der Waals surface area contributed by atoms with Gasteiger partial charge in [-0.3, -0.25) is 4.79 Å². The molecule has 0 saturated carbocycles. The summed E-state index contributed by atoms with van der Waals surface area (Å²) in [5.74, 6) is -0.219. The molecule has 1 heterocycles. The molecule has 0 bridgehead atoms. The highest BCUT2D eigenvalue weighted by Gasteiger charge is 2.26. The van der Waals surface area contributed by atoms with Gasteiger partial charge >= 0.3 is 0 Å². The highest BCUT2D eigenvalue weighted by atomic mass is 16.3. The molecule has 3 N–H and O–H groups in total. The SMILES string of the molecule is NC1CCN(C(=O)C(O)c2ccccc2)CC1. The molecule has 1 fully saturated rings. The molecule has 1 aliphatic rings. The molecule has 1 atom stereocenters. The molecular formula is C13H18N2O2. The highest BCUT2D eigenvalue weighted by Crippen LogP contribution is 2.18. The van der Waals surface area contributed by atoms with Crippen LogP contribution in [0.1, 0.15) is 24.5 Å². The van der Waals surface area contributed by atoms with E-state index in [1.54, 1.807) is 17.0 Å². The molecule has 17 heavy (non-hydrogen) atoms. The Kier molecular flexibility index (Phi) is 3.76. The van der Waals surface area contributed by atoms with E-state index in [9.17, 15) is 9.90 Å². The summed E-state index contributed by atoms with van der Waals surface area (Å²) < 4.78 is 0. The molecule has 0 spiro atoms. The topological polar surface area (TPSA) is 66.6 Å². The van der Waals surface area contributed by atoms with Crippen LogP contribution in [0.15, 0.2) is 30.3 Å². The van der Waals surface area contributed by atoms with Crippen LogP contribution in [-0.4, -0.2) is 35.0 Å². The molecule has 0 aliphatic carbocycles. The van der Waals surface area contributed by atoms with Crippen molar-refractivity contribution < 1.29 is 9.90 Å². The number of nitrogens with zero attached hydrogens (tertiary/aromatic N) is 1. The van der Waals surface area contributed by atoms with Crippen LogP contribution in [0.3, 0.4) is 0 Å². The Hall–Kier alpha value is -1.39. The van der Waals surface area contributed by atoms with E-state index in [1.165, 1.54) is 0 Å². The monoisotopic (exact) mass is 234 g/mol. The molecule has 4 nitrogen and oxygen atoms in total. The van der Waals surface area contributed by atoms with Crippen molar-refractivity contribution in [1.29, 1.82) is 0 Å². The second-order valence-corrected chi connectivity index (χ2v) is 4.48.